The first kappa shape index (κ1) is 8.56. The summed E-state index contributed by atoms with van der Waals surface area (Å²) in [5, 5.41) is 0. The fraction of sp³-hybridized carbons (Fsp3) is 0.667. The van der Waals surface area contributed by atoms with Crippen LogP contribution in [0.4, 0.5) is 5.82 Å². The van der Waals surface area contributed by atoms with E-state index in [0.29, 0.717) is 6.04 Å². The standard InChI is InChI=1S/C9H16N4/c1-12-4-2-3-8(6-12)13-7-11-5-9(13)10/h5,7-8H,2-4,6,10H2,1H3. The van der Waals surface area contributed by atoms with Crippen LogP contribution in [0.2, 0.25) is 0 Å². The van der Waals surface area contributed by atoms with E-state index in [-0.39, 0.29) is 0 Å². The van der Waals surface area contributed by atoms with Crippen molar-refractivity contribution in [1.29, 1.82) is 0 Å². The third-order valence-electron chi connectivity index (χ3n) is 2.69. The van der Waals surface area contributed by atoms with Gasteiger partial charge in [-0.05, 0) is 26.4 Å². The molecule has 2 N–H and O–H groups in total. The Labute approximate surface area is 78.4 Å². The molecular formula is C9H16N4. The predicted octanol–water partition coefficient (Wildman–Crippen LogP) is 0.732. The highest BCUT2D eigenvalue weighted by molar-refractivity contribution is 5.25. The Morgan fingerprint density at radius 2 is 2.46 bits per heavy atom. The van der Waals surface area contributed by atoms with Crippen molar-refractivity contribution in [1.82, 2.24) is 14.5 Å². The first-order chi connectivity index (χ1) is 6.27. The van der Waals surface area contributed by atoms with Gasteiger partial charge in [-0.3, -0.25) is 0 Å². The summed E-state index contributed by atoms with van der Waals surface area (Å²) >= 11 is 0. The minimum atomic E-state index is 0.515. The second kappa shape index (κ2) is 3.38. The summed E-state index contributed by atoms with van der Waals surface area (Å²) in [5.41, 5.74) is 5.80. The number of hydrogen-bond acceptors (Lipinski definition) is 3. The fourth-order valence-corrected chi connectivity index (χ4v) is 1.99. The van der Waals surface area contributed by atoms with Crippen LogP contribution in [0, 0.1) is 0 Å². The maximum atomic E-state index is 5.80. The molecule has 0 bridgehead atoms. The zero-order valence-corrected chi connectivity index (χ0v) is 7.98. The number of nitrogen functional groups attached to an aromatic ring is 1. The van der Waals surface area contributed by atoms with E-state index in [4.69, 9.17) is 5.73 Å². The Morgan fingerprint density at radius 3 is 3.08 bits per heavy atom. The van der Waals surface area contributed by atoms with Gasteiger partial charge in [-0.2, -0.15) is 0 Å². The molecule has 1 aromatic rings. The molecule has 1 aromatic heterocycles. The molecule has 1 atom stereocenters. The maximum Gasteiger partial charge on any atom is 0.123 e. The van der Waals surface area contributed by atoms with E-state index in [1.807, 2.05) is 6.33 Å². The van der Waals surface area contributed by atoms with Crippen LogP contribution < -0.4 is 5.73 Å². The fourth-order valence-electron chi connectivity index (χ4n) is 1.99. The average Bonchev–Trinajstić information content (AvgIpc) is 2.51. The number of likely N-dealkylation sites (tertiary alicyclic amines) is 1. The highest BCUT2D eigenvalue weighted by Crippen LogP contribution is 2.22. The average molecular weight is 180 g/mol. The molecule has 2 heterocycles. The minimum absolute atomic E-state index is 0.515. The molecular weight excluding hydrogens is 164 g/mol. The Kier molecular flexibility index (Phi) is 2.22. The summed E-state index contributed by atoms with van der Waals surface area (Å²) in [6.45, 7) is 2.28. The number of aromatic nitrogens is 2. The lowest BCUT2D eigenvalue weighted by molar-refractivity contribution is 0.213. The quantitative estimate of drug-likeness (QED) is 0.693. The van der Waals surface area contributed by atoms with Gasteiger partial charge in [0.25, 0.3) is 0 Å². The van der Waals surface area contributed by atoms with Crippen LogP contribution in [-0.4, -0.2) is 34.6 Å². The van der Waals surface area contributed by atoms with Crippen LogP contribution in [-0.2, 0) is 0 Å². The van der Waals surface area contributed by atoms with Gasteiger partial charge in [0.05, 0.1) is 12.5 Å². The topological polar surface area (TPSA) is 47.1 Å². The van der Waals surface area contributed by atoms with E-state index < -0.39 is 0 Å². The molecule has 1 aliphatic heterocycles. The SMILES string of the molecule is CN1CCCC(n2cncc2N)C1. The number of imidazole rings is 1. The molecule has 72 valence electrons. The second-order valence-electron chi connectivity index (χ2n) is 3.78. The van der Waals surface area contributed by atoms with Gasteiger partial charge in [0.1, 0.15) is 5.82 Å². The Bertz CT molecular complexity index is 281. The van der Waals surface area contributed by atoms with Gasteiger partial charge in [-0.25, -0.2) is 4.98 Å². The van der Waals surface area contributed by atoms with Crippen molar-refractivity contribution >= 4 is 5.82 Å². The maximum absolute atomic E-state index is 5.80. The van der Waals surface area contributed by atoms with Crippen molar-refractivity contribution in [3.63, 3.8) is 0 Å². The summed E-state index contributed by atoms with van der Waals surface area (Å²) in [6, 6.07) is 0.515. The van der Waals surface area contributed by atoms with Crippen LogP contribution in [0.3, 0.4) is 0 Å². The van der Waals surface area contributed by atoms with E-state index >= 15 is 0 Å². The summed E-state index contributed by atoms with van der Waals surface area (Å²) < 4.78 is 2.08. The van der Waals surface area contributed by atoms with E-state index in [2.05, 4.69) is 21.5 Å². The molecule has 0 saturated carbocycles. The molecule has 1 unspecified atom stereocenters. The summed E-state index contributed by atoms with van der Waals surface area (Å²) in [4.78, 5) is 6.38. The molecule has 0 spiro atoms. The smallest absolute Gasteiger partial charge is 0.123 e. The lowest BCUT2D eigenvalue weighted by Gasteiger charge is -2.30. The van der Waals surface area contributed by atoms with Gasteiger partial charge in [-0.15, -0.1) is 0 Å². The second-order valence-corrected chi connectivity index (χ2v) is 3.78. The van der Waals surface area contributed by atoms with Gasteiger partial charge in [0, 0.05) is 12.6 Å². The Balaban J connectivity index is 2.12. The lowest BCUT2D eigenvalue weighted by Crippen LogP contribution is -2.33. The third-order valence-corrected chi connectivity index (χ3v) is 2.69. The van der Waals surface area contributed by atoms with Crippen molar-refractivity contribution < 1.29 is 0 Å². The number of piperidine rings is 1. The number of anilines is 1. The van der Waals surface area contributed by atoms with Crippen molar-refractivity contribution in [3.05, 3.63) is 12.5 Å². The monoisotopic (exact) mass is 180 g/mol. The molecule has 0 aromatic carbocycles. The first-order valence-corrected chi connectivity index (χ1v) is 4.73. The van der Waals surface area contributed by atoms with Crippen molar-refractivity contribution in [2.24, 2.45) is 0 Å². The van der Waals surface area contributed by atoms with E-state index in [9.17, 15) is 0 Å². The molecule has 4 nitrogen and oxygen atoms in total. The lowest BCUT2D eigenvalue weighted by atomic mass is 10.1. The highest BCUT2D eigenvalue weighted by atomic mass is 15.2. The van der Waals surface area contributed by atoms with Crippen molar-refractivity contribution in [2.45, 2.75) is 18.9 Å². The predicted molar refractivity (Wildman–Crippen MR) is 52.4 cm³/mol. The molecule has 13 heavy (non-hydrogen) atoms. The van der Waals surface area contributed by atoms with Gasteiger partial charge in [0.15, 0.2) is 0 Å². The van der Waals surface area contributed by atoms with Crippen molar-refractivity contribution in [2.75, 3.05) is 25.9 Å². The van der Waals surface area contributed by atoms with Crippen LogP contribution in [0.15, 0.2) is 12.5 Å². The Hall–Kier alpha value is -1.03. The van der Waals surface area contributed by atoms with E-state index in [1.165, 1.54) is 19.4 Å². The minimum Gasteiger partial charge on any atom is -0.384 e. The first-order valence-electron chi connectivity index (χ1n) is 4.73. The molecule has 0 amide bonds. The Morgan fingerprint density at radius 1 is 1.62 bits per heavy atom. The molecule has 0 radical (unpaired) electrons. The third kappa shape index (κ3) is 1.67. The molecule has 1 saturated heterocycles. The zero-order valence-electron chi connectivity index (χ0n) is 7.98. The molecule has 2 rings (SSSR count). The van der Waals surface area contributed by atoms with E-state index in [0.717, 1.165) is 12.4 Å². The molecule has 1 aliphatic rings. The van der Waals surface area contributed by atoms with Gasteiger partial charge in [-0.1, -0.05) is 0 Å². The van der Waals surface area contributed by atoms with Gasteiger partial charge in [0.2, 0.25) is 0 Å². The molecule has 0 aliphatic carbocycles. The van der Waals surface area contributed by atoms with Crippen LogP contribution in [0.5, 0.6) is 0 Å². The highest BCUT2D eigenvalue weighted by Gasteiger charge is 2.19. The molecule has 4 heteroatoms. The zero-order chi connectivity index (χ0) is 9.26. The number of likely N-dealkylation sites (N-methyl/N-ethyl adjacent to an activating group) is 1. The number of nitrogens with two attached hydrogens (primary N) is 1. The van der Waals surface area contributed by atoms with Crippen LogP contribution in [0.1, 0.15) is 18.9 Å². The van der Waals surface area contributed by atoms with Crippen LogP contribution in [0.25, 0.3) is 0 Å². The van der Waals surface area contributed by atoms with Gasteiger partial charge < -0.3 is 15.2 Å². The van der Waals surface area contributed by atoms with E-state index in [1.54, 1.807) is 6.20 Å². The largest absolute Gasteiger partial charge is 0.384 e. The van der Waals surface area contributed by atoms with Crippen LogP contribution >= 0.6 is 0 Å². The summed E-state index contributed by atoms with van der Waals surface area (Å²) in [6.07, 6.45) is 6.01. The summed E-state index contributed by atoms with van der Waals surface area (Å²) in [5.74, 6) is 0.778. The molecule has 1 fully saturated rings. The normalized spacial score (nSPS) is 24.8. The summed E-state index contributed by atoms with van der Waals surface area (Å²) in [7, 11) is 2.15. The number of hydrogen-bond donors (Lipinski definition) is 1. The number of rotatable bonds is 1. The number of nitrogens with zero attached hydrogens (tertiary/aromatic N) is 3. The van der Waals surface area contributed by atoms with Gasteiger partial charge >= 0.3 is 0 Å². The van der Waals surface area contributed by atoms with Crippen molar-refractivity contribution in [3.8, 4) is 0 Å².